The van der Waals surface area contributed by atoms with Gasteiger partial charge in [-0.2, -0.15) is 0 Å². The van der Waals surface area contributed by atoms with Crippen LogP contribution >= 0.6 is 0 Å². The summed E-state index contributed by atoms with van der Waals surface area (Å²) in [6.07, 6.45) is 1.31. The monoisotopic (exact) mass is 339 g/mol. The fourth-order valence-electron chi connectivity index (χ4n) is 2.45. The van der Waals surface area contributed by atoms with Crippen molar-refractivity contribution in [2.24, 2.45) is 11.8 Å². The number of hydrogen-bond acceptors (Lipinski definition) is 5. The van der Waals surface area contributed by atoms with Crippen molar-refractivity contribution in [1.29, 1.82) is 0 Å². The van der Waals surface area contributed by atoms with Gasteiger partial charge in [-0.25, -0.2) is 5.06 Å². The Morgan fingerprint density at radius 3 is 2.46 bits per heavy atom. The van der Waals surface area contributed by atoms with Crippen LogP contribution in [0.4, 0.5) is 0 Å². The zero-order valence-electron chi connectivity index (χ0n) is 15.2. The molecule has 0 fully saturated rings. The minimum absolute atomic E-state index is 0.111. The Morgan fingerprint density at radius 2 is 1.92 bits per heavy atom. The first kappa shape index (κ1) is 20.3. The molecule has 0 spiro atoms. The predicted octanol–water partition coefficient (Wildman–Crippen LogP) is 2.77. The predicted molar refractivity (Wildman–Crippen MR) is 91.6 cm³/mol. The summed E-state index contributed by atoms with van der Waals surface area (Å²) in [7, 11) is 4.61. The molecule has 0 radical (unpaired) electrons. The van der Waals surface area contributed by atoms with E-state index in [-0.39, 0.29) is 17.7 Å². The van der Waals surface area contributed by atoms with E-state index in [2.05, 4.69) is 0 Å². The second-order valence-corrected chi connectivity index (χ2v) is 6.10. The van der Waals surface area contributed by atoms with Crippen molar-refractivity contribution in [2.75, 3.05) is 34.5 Å². The molecular formula is C18H29NO5. The summed E-state index contributed by atoms with van der Waals surface area (Å²) in [6, 6.07) is 5.65. The fraction of sp³-hybridized carbons (Fsp3) is 0.611. The van der Waals surface area contributed by atoms with Crippen molar-refractivity contribution in [3.63, 3.8) is 0 Å². The average molecular weight is 339 g/mol. The maximum Gasteiger partial charge on any atom is 0.249 e. The van der Waals surface area contributed by atoms with Crippen molar-refractivity contribution in [3.05, 3.63) is 23.8 Å². The summed E-state index contributed by atoms with van der Waals surface area (Å²) in [5.41, 5.74) is 0.964. The van der Waals surface area contributed by atoms with Gasteiger partial charge in [-0.1, -0.05) is 19.9 Å². The van der Waals surface area contributed by atoms with Crippen molar-refractivity contribution in [2.45, 2.75) is 26.7 Å². The summed E-state index contributed by atoms with van der Waals surface area (Å²) in [6.45, 7) is 5.10. The number of amides is 1. The highest BCUT2D eigenvalue weighted by Gasteiger charge is 2.25. The highest BCUT2D eigenvalue weighted by molar-refractivity contribution is 5.78. The molecule has 0 aliphatic heterocycles. The average Bonchev–Trinajstić information content (AvgIpc) is 2.55. The lowest BCUT2D eigenvalue weighted by atomic mass is 9.88. The topological polar surface area (TPSA) is 68.2 Å². The van der Waals surface area contributed by atoms with Crippen LogP contribution in [0.15, 0.2) is 18.2 Å². The third-order valence-electron chi connectivity index (χ3n) is 3.87. The molecule has 0 bridgehead atoms. The smallest absolute Gasteiger partial charge is 0.249 e. The first-order chi connectivity index (χ1) is 11.4. The lowest BCUT2D eigenvalue weighted by molar-refractivity contribution is -0.165. The van der Waals surface area contributed by atoms with Crippen molar-refractivity contribution in [3.8, 4) is 11.5 Å². The molecule has 0 saturated carbocycles. The van der Waals surface area contributed by atoms with Gasteiger partial charge in [-0.3, -0.25) is 10.0 Å². The van der Waals surface area contributed by atoms with Crippen LogP contribution in [0.25, 0.3) is 0 Å². The van der Waals surface area contributed by atoms with E-state index in [4.69, 9.17) is 14.2 Å². The zero-order chi connectivity index (χ0) is 18.1. The molecule has 6 heteroatoms. The van der Waals surface area contributed by atoms with E-state index in [9.17, 15) is 10.0 Å². The van der Waals surface area contributed by atoms with Gasteiger partial charge in [0.25, 0.3) is 0 Å². The van der Waals surface area contributed by atoms with Gasteiger partial charge in [-0.05, 0) is 30.0 Å². The Hall–Kier alpha value is -1.79. The second kappa shape index (κ2) is 10.2. The van der Waals surface area contributed by atoms with E-state index < -0.39 is 0 Å². The molecule has 0 heterocycles. The minimum Gasteiger partial charge on any atom is -0.493 e. The molecule has 6 nitrogen and oxygen atoms in total. The molecule has 24 heavy (non-hydrogen) atoms. The molecular weight excluding hydrogens is 310 g/mol. The number of nitrogens with zero attached hydrogens (tertiary/aromatic N) is 1. The van der Waals surface area contributed by atoms with Gasteiger partial charge in [0.1, 0.15) is 0 Å². The Morgan fingerprint density at radius 1 is 1.21 bits per heavy atom. The summed E-state index contributed by atoms with van der Waals surface area (Å²) in [5, 5.41) is 10.1. The van der Waals surface area contributed by atoms with E-state index >= 15 is 0 Å². The van der Waals surface area contributed by atoms with Crippen LogP contribution in [0.3, 0.4) is 0 Å². The molecule has 1 unspecified atom stereocenters. The lowest BCUT2D eigenvalue weighted by Gasteiger charge is -2.23. The Balaban J connectivity index is 2.88. The Bertz CT molecular complexity index is 516. The summed E-state index contributed by atoms with van der Waals surface area (Å²) >= 11 is 0. The number of benzene rings is 1. The maximum atomic E-state index is 12.1. The van der Waals surface area contributed by atoms with Crippen LogP contribution in [0, 0.1) is 11.8 Å². The van der Waals surface area contributed by atoms with Gasteiger partial charge < -0.3 is 14.2 Å². The standard InChI is InChI=1S/C18H29NO5/c1-13(2)15(18(20)19(3)21)11-14-7-8-16(23-5)17(12-14)24-10-6-9-22-4/h7-8,12-13,15,21H,6,9-11H2,1-5H3. The number of methoxy groups -OCH3 is 2. The first-order valence-corrected chi connectivity index (χ1v) is 8.15. The fourth-order valence-corrected chi connectivity index (χ4v) is 2.45. The van der Waals surface area contributed by atoms with Gasteiger partial charge in [0.2, 0.25) is 5.91 Å². The van der Waals surface area contributed by atoms with Gasteiger partial charge in [0.15, 0.2) is 11.5 Å². The van der Waals surface area contributed by atoms with Gasteiger partial charge in [0.05, 0.1) is 13.7 Å². The largest absolute Gasteiger partial charge is 0.493 e. The molecule has 1 aromatic carbocycles. The number of hydrogen-bond donors (Lipinski definition) is 1. The van der Waals surface area contributed by atoms with E-state index in [1.165, 1.54) is 7.05 Å². The normalized spacial score (nSPS) is 12.1. The summed E-state index contributed by atoms with van der Waals surface area (Å²) < 4.78 is 16.1. The molecule has 0 aliphatic rings. The molecule has 0 saturated heterocycles. The molecule has 1 aromatic rings. The molecule has 1 amide bonds. The second-order valence-electron chi connectivity index (χ2n) is 6.10. The van der Waals surface area contributed by atoms with E-state index in [0.717, 1.165) is 12.0 Å². The van der Waals surface area contributed by atoms with Gasteiger partial charge in [-0.15, -0.1) is 0 Å². The molecule has 1 N–H and O–H groups in total. The van der Waals surface area contributed by atoms with E-state index in [1.807, 2.05) is 32.0 Å². The van der Waals surface area contributed by atoms with Crippen molar-refractivity contribution in [1.82, 2.24) is 5.06 Å². The number of carbonyl (C=O) groups excluding carboxylic acids is 1. The third kappa shape index (κ3) is 6.02. The van der Waals surface area contributed by atoms with Crippen LogP contribution < -0.4 is 9.47 Å². The van der Waals surface area contributed by atoms with Crippen LogP contribution in [0.2, 0.25) is 0 Å². The molecule has 1 rings (SSSR count). The van der Waals surface area contributed by atoms with Gasteiger partial charge in [0, 0.05) is 33.1 Å². The number of hydroxylamine groups is 2. The van der Waals surface area contributed by atoms with Crippen LogP contribution in [0.5, 0.6) is 11.5 Å². The molecule has 0 aromatic heterocycles. The lowest BCUT2D eigenvalue weighted by Crippen LogP contribution is -2.34. The summed E-state index contributed by atoms with van der Waals surface area (Å²) in [4.78, 5) is 12.1. The maximum absolute atomic E-state index is 12.1. The van der Waals surface area contributed by atoms with Gasteiger partial charge >= 0.3 is 0 Å². The van der Waals surface area contributed by atoms with Crippen LogP contribution in [0.1, 0.15) is 25.8 Å². The minimum atomic E-state index is -0.297. The zero-order valence-corrected chi connectivity index (χ0v) is 15.2. The SMILES string of the molecule is COCCCOc1cc(CC(C(=O)N(C)O)C(C)C)ccc1OC. The molecule has 0 aliphatic carbocycles. The summed E-state index contributed by atoms with van der Waals surface area (Å²) in [5.74, 6) is 0.833. The van der Waals surface area contributed by atoms with E-state index in [0.29, 0.717) is 36.2 Å². The van der Waals surface area contributed by atoms with Crippen molar-refractivity contribution >= 4 is 5.91 Å². The Labute approximate surface area is 144 Å². The quantitative estimate of drug-likeness (QED) is 0.403. The van der Waals surface area contributed by atoms with Crippen LogP contribution in [-0.4, -0.2) is 50.7 Å². The number of rotatable bonds is 10. The molecule has 136 valence electrons. The molecule has 1 atom stereocenters. The van der Waals surface area contributed by atoms with Crippen molar-refractivity contribution < 1.29 is 24.2 Å². The first-order valence-electron chi connectivity index (χ1n) is 8.15. The highest BCUT2D eigenvalue weighted by atomic mass is 16.5. The third-order valence-corrected chi connectivity index (χ3v) is 3.87. The Kier molecular flexibility index (Phi) is 8.57. The number of ether oxygens (including phenoxy) is 3. The van der Waals surface area contributed by atoms with Crippen LogP contribution in [-0.2, 0) is 16.0 Å². The highest BCUT2D eigenvalue weighted by Crippen LogP contribution is 2.30. The number of carbonyl (C=O) groups is 1. The van der Waals surface area contributed by atoms with E-state index in [1.54, 1.807) is 14.2 Å².